The molecule has 7 nitrogen and oxygen atoms in total. The van der Waals surface area contributed by atoms with Gasteiger partial charge in [0.05, 0.1) is 7.11 Å². The molecule has 2 rings (SSSR count). The van der Waals surface area contributed by atoms with Gasteiger partial charge in [-0.05, 0) is 6.07 Å². The molecule has 0 radical (unpaired) electrons. The zero-order chi connectivity index (χ0) is 13.8. The SMILES string of the molecule is COC(=O)c1ccnc(N2CCN(C(C)=O)CC2)n1. The third kappa shape index (κ3) is 2.98. The first kappa shape index (κ1) is 13.3. The summed E-state index contributed by atoms with van der Waals surface area (Å²) in [7, 11) is 1.32. The van der Waals surface area contributed by atoms with E-state index in [4.69, 9.17) is 0 Å². The molecule has 19 heavy (non-hydrogen) atoms. The lowest BCUT2D eigenvalue weighted by atomic mass is 10.3. The van der Waals surface area contributed by atoms with E-state index in [2.05, 4.69) is 14.7 Å². The minimum atomic E-state index is -0.481. The third-order valence-corrected chi connectivity index (χ3v) is 3.05. The van der Waals surface area contributed by atoms with Crippen LogP contribution in [0, 0.1) is 0 Å². The molecule has 1 saturated heterocycles. The maximum atomic E-state index is 11.4. The zero-order valence-electron chi connectivity index (χ0n) is 11.0. The number of anilines is 1. The molecule has 7 heteroatoms. The van der Waals surface area contributed by atoms with E-state index in [-0.39, 0.29) is 11.6 Å². The Morgan fingerprint density at radius 1 is 1.26 bits per heavy atom. The molecule has 1 aromatic rings. The summed E-state index contributed by atoms with van der Waals surface area (Å²) in [6.45, 7) is 4.15. The van der Waals surface area contributed by atoms with E-state index in [1.54, 1.807) is 11.8 Å². The van der Waals surface area contributed by atoms with Crippen molar-refractivity contribution in [3.63, 3.8) is 0 Å². The summed E-state index contributed by atoms with van der Waals surface area (Å²) in [5, 5.41) is 0. The Morgan fingerprint density at radius 2 is 1.95 bits per heavy atom. The number of aromatic nitrogens is 2. The lowest BCUT2D eigenvalue weighted by Gasteiger charge is -2.34. The summed E-state index contributed by atoms with van der Waals surface area (Å²) >= 11 is 0. The van der Waals surface area contributed by atoms with Crippen molar-refractivity contribution in [3.8, 4) is 0 Å². The van der Waals surface area contributed by atoms with Gasteiger partial charge in [-0.1, -0.05) is 0 Å². The molecule has 0 atom stereocenters. The first-order valence-electron chi connectivity index (χ1n) is 6.03. The molecule has 0 saturated carbocycles. The van der Waals surface area contributed by atoms with Crippen LogP contribution in [0.25, 0.3) is 0 Å². The number of amides is 1. The summed E-state index contributed by atoms with van der Waals surface area (Å²) in [6, 6.07) is 1.52. The second-order valence-corrected chi connectivity index (χ2v) is 4.23. The second kappa shape index (κ2) is 5.64. The quantitative estimate of drug-likeness (QED) is 0.696. The smallest absolute Gasteiger partial charge is 0.356 e. The number of ether oxygens (including phenoxy) is 1. The number of nitrogens with zero attached hydrogens (tertiary/aromatic N) is 4. The van der Waals surface area contributed by atoms with Crippen molar-refractivity contribution in [2.75, 3.05) is 38.2 Å². The van der Waals surface area contributed by atoms with Gasteiger partial charge in [-0.25, -0.2) is 14.8 Å². The van der Waals surface area contributed by atoms with Gasteiger partial charge in [0.15, 0.2) is 5.69 Å². The predicted molar refractivity (Wildman–Crippen MR) is 67.8 cm³/mol. The van der Waals surface area contributed by atoms with Gasteiger partial charge in [-0.3, -0.25) is 4.79 Å². The fraction of sp³-hybridized carbons (Fsp3) is 0.500. The minimum absolute atomic E-state index is 0.0730. The number of carbonyl (C=O) groups excluding carboxylic acids is 2. The number of carbonyl (C=O) groups is 2. The Bertz CT molecular complexity index is 484. The number of hydrogen-bond acceptors (Lipinski definition) is 6. The van der Waals surface area contributed by atoms with Gasteiger partial charge in [-0.15, -0.1) is 0 Å². The molecule has 0 aromatic carbocycles. The van der Waals surface area contributed by atoms with Crippen LogP contribution in [0.15, 0.2) is 12.3 Å². The lowest BCUT2D eigenvalue weighted by Crippen LogP contribution is -2.48. The van der Waals surface area contributed by atoms with E-state index in [9.17, 15) is 9.59 Å². The van der Waals surface area contributed by atoms with Gasteiger partial charge in [0.1, 0.15) is 0 Å². The number of hydrogen-bond donors (Lipinski definition) is 0. The van der Waals surface area contributed by atoms with Crippen LogP contribution in [0.2, 0.25) is 0 Å². The molecule has 2 heterocycles. The van der Waals surface area contributed by atoms with E-state index < -0.39 is 5.97 Å². The fourth-order valence-corrected chi connectivity index (χ4v) is 1.94. The fourth-order valence-electron chi connectivity index (χ4n) is 1.94. The van der Waals surface area contributed by atoms with Crippen molar-refractivity contribution in [3.05, 3.63) is 18.0 Å². The molecule has 0 unspecified atom stereocenters. The third-order valence-electron chi connectivity index (χ3n) is 3.05. The van der Waals surface area contributed by atoms with Gasteiger partial charge in [0, 0.05) is 39.3 Å². The van der Waals surface area contributed by atoms with Crippen molar-refractivity contribution >= 4 is 17.8 Å². The molecule has 1 aromatic heterocycles. The maximum absolute atomic E-state index is 11.4. The van der Waals surface area contributed by atoms with Crippen LogP contribution in [-0.2, 0) is 9.53 Å². The normalized spacial score (nSPS) is 15.3. The standard InChI is InChI=1S/C12H16N4O3/c1-9(17)15-5-7-16(8-6-15)12-13-4-3-10(14-12)11(18)19-2/h3-4H,5-8H2,1-2H3. The Morgan fingerprint density at radius 3 is 2.53 bits per heavy atom. The summed E-state index contributed by atoms with van der Waals surface area (Å²) in [5.41, 5.74) is 0.237. The van der Waals surface area contributed by atoms with Gasteiger partial charge >= 0.3 is 5.97 Å². The van der Waals surface area contributed by atoms with Crippen LogP contribution in [0.5, 0.6) is 0 Å². The lowest BCUT2D eigenvalue weighted by molar-refractivity contribution is -0.129. The van der Waals surface area contributed by atoms with Crippen LogP contribution in [-0.4, -0.2) is 60.0 Å². The van der Waals surface area contributed by atoms with Crippen LogP contribution >= 0.6 is 0 Å². The predicted octanol–water partition coefficient (Wildman–Crippen LogP) is -0.0683. The van der Waals surface area contributed by atoms with Crippen LogP contribution < -0.4 is 4.90 Å². The van der Waals surface area contributed by atoms with Crippen molar-refractivity contribution in [2.45, 2.75) is 6.92 Å². The Labute approximate surface area is 111 Å². The van der Waals surface area contributed by atoms with Crippen LogP contribution in [0.4, 0.5) is 5.95 Å². The highest BCUT2D eigenvalue weighted by molar-refractivity contribution is 5.87. The maximum Gasteiger partial charge on any atom is 0.356 e. The van der Waals surface area contributed by atoms with Crippen molar-refractivity contribution in [2.24, 2.45) is 0 Å². The van der Waals surface area contributed by atoms with Crippen molar-refractivity contribution < 1.29 is 14.3 Å². The van der Waals surface area contributed by atoms with Gasteiger partial charge in [-0.2, -0.15) is 0 Å². The zero-order valence-corrected chi connectivity index (χ0v) is 11.0. The summed E-state index contributed by atoms with van der Waals surface area (Å²) < 4.78 is 4.63. The van der Waals surface area contributed by atoms with Crippen molar-refractivity contribution in [1.82, 2.24) is 14.9 Å². The molecule has 1 amide bonds. The molecule has 1 aliphatic rings. The van der Waals surface area contributed by atoms with Gasteiger partial charge in [0.25, 0.3) is 0 Å². The highest BCUT2D eigenvalue weighted by Crippen LogP contribution is 2.11. The highest BCUT2D eigenvalue weighted by Gasteiger charge is 2.21. The highest BCUT2D eigenvalue weighted by atomic mass is 16.5. The molecule has 102 valence electrons. The summed E-state index contributed by atoms with van der Waals surface area (Å²) in [4.78, 5) is 34.7. The Balaban J connectivity index is 2.07. The number of esters is 1. The molecule has 0 N–H and O–H groups in total. The molecule has 0 aliphatic carbocycles. The average Bonchev–Trinajstić information content (AvgIpc) is 2.46. The van der Waals surface area contributed by atoms with E-state index in [1.807, 2.05) is 4.90 Å². The van der Waals surface area contributed by atoms with Crippen LogP contribution in [0.3, 0.4) is 0 Å². The average molecular weight is 264 g/mol. The molecular formula is C12H16N4O3. The van der Waals surface area contributed by atoms with Gasteiger partial charge < -0.3 is 14.5 Å². The topological polar surface area (TPSA) is 75.6 Å². The molecule has 1 fully saturated rings. The van der Waals surface area contributed by atoms with Crippen molar-refractivity contribution in [1.29, 1.82) is 0 Å². The summed E-state index contributed by atoms with van der Waals surface area (Å²) in [6.07, 6.45) is 1.53. The molecule has 1 aliphatic heterocycles. The van der Waals surface area contributed by atoms with Crippen LogP contribution in [0.1, 0.15) is 17.4 Å². The van der Waals surface area contributed by atoms with Gasteiger partial charge in [0.2, 0.25) is 11.9 Å². The molecular weight excluding hydrogens is 248 g/mol. The Hall–Kier alpha value is -2.18. The second-order valence-electron chi connectivity index (χ2n) is 4.23. The first-order chi connectivity index (χ1) is 9.11. The first-order valence-corrected chi connectivity index (χ1v) is 6.03. The number of rotatable bonds is 2. The minimum Gasteiger partial charge on any atom is -0.464 e. The summed E-state index contributed by atoms with van der Waals surface area (Å²) in [5.74, 6) is 0.0843. The number of methoxy groups -OCH3 is 1. The molecule has 0 bridgehead atoms. The van der Waals surface area contributed by atoms with E-state index >= 15 is 0 Å². The Kier molecular flexibility index (Phi) is 3.94. The van der Waals surface area contributed by atoms with E-state index in [0.29, 0.717) is 32.1 Å². The monoisotopic (exact) mass is 264 g/mol. The van der Waals surface area contributed by atoms with E-state index in [1.165, 1.54) is 19.4 Å². The number of piperazine rings is 1. The largest absolute Gasteiger partial charge is 0.464 e. The molecule has 0 spiro atoms. The van der Waals surface area contributed by atoms with E-state index in [0.717, 1.165) is 0 Å².